The smallest absolute Gasteiger partial charge is 0.425 e. The number of phenolic OH excluding ortho intramolecular Hbond substituents is 1. The van der Waals surface area contributed by atoms with Crippen molar-refractivity contribution in [2.45, 2.75) is 26.4 Å². The number of carbonyl (C=O) groups is 1. The third-order valence-electron chi connectivity index (χ3n) is 2.61. The van der Waals surface area contributed by atoms with Crippen LogP contribution in [0.5, 0.6) is 5.75 Å². The van der Waals surface area contributed by atoms with Crippen LogP contribution in [0.25, 0.3) is 10.8 Å². The summed E-state index contributed by atoms with van der Waals surface area (Å²) in [6, 6.07) is 10.5. The van der Waals surface area contributed by atoms with Crippen LogP contribution < -0.4 is 3.93 Å². The van der Waals surface area contributed by atoms with Crippen LogP contribution in [0.3, 0.4) is 0 Å². The Labute approximate surface area is 126 Å². The fourth-order valence-electron chi connectivity index (χ4n) is 1.83. The number of fused-ring (bicyclic) bond motifs is 1. The van der Waals surface area contributed by atoms with Crippen molar-refractivity contribution >= 4 is 38.7 Å². The molecule has 0 aliphatic rings. The van der Waals surface area contributed by atoms with Crippen molar-refractivity contribution in [3.05, 3.63) is 36.4 Å². The summed E-state index contributed by atoms with van der Waals surface area (Å²) >= 11 is 3.24. The molecule has 4 nitrogen and oxygen atoms in total. The lowest BCUT2D eigenvalue weighted by atomic mass is 10.1. The van der Waals surface area contributed by atoms with Crippen LogP contribution in [-0.2, 0) is 4.74 Å². The van der Waals surface area contributed by atoms with Gasteiger partial charge in [0, 0.05) is 5.39 Å². The van der Waals surface area contributed by atoms with Crippen LogP contribution in [0, 0.1) is 0 Å². The Morgan fingerprint density at radius 3 is 2.60 bits per heavy atom. The first-order valence-electron chi connectivity index (χ1n) is 6.18. The quantitative estimate of drug-likeness (QED) is 0.774. The summed E-state index contributed by atoms with van der Waals surface area (Å²) in [6.45, 7) is 5.44. The van der Waals surface area contributed by atoms with Gasteiger partial charge in [-0.1, -0.05) is 12.1 Å². The summed E-state index contributed by atoms with van der Waals surface area (Å²) in [6.07, 6.45) is -0.488. The van der Waals surface area contributed by atoms with Crippen LogP contribution in [0.1, 0.15) is 20.8 Å². The van der Waals surface area contributed by atoms with Crippen LogP contribution in [0.15, 0.2) is 36.4 Å². The van der Waals surface area contributed by atoms with E-state index in [-0.39, 0.29) is 5.75 Å². The monoisotopic (exact) mass is 337 g/mol. The largest absolute Gasteiger partial charge is 0.508 e. The molecule has 0 aromatic heterocycles. The maximum atomic E-state index is 12.1. The maximum absolute atomic E-state index is 12.1. The van der Waals surface area contributed by atoms with Crippen molar-refractivity contribution in [1.29, 1.82) is 0 Å². The number of hydrogen-bond acceptors (Lipinski definition) is 3. The molecule has 5 heteroatoms. The summed E-state index contributed by atoms with van der Waals surface area (Å²) < 4.78 is 6.61. The second kappa shape index (κ2) is 5.32. The number of hydrogen-bond donors (Lipinski definition) is 1. The lowest BCUT2D eigenvalue weighted by molar-refractivity contribution is 0.0614. The topological polar surface area (TPSA) is 49.8 Å². The Kier molecular flexibility index (Phi) is 3.90. The lowest BCUT2D eigenvalue weighted by Gasteiger charge is -2.24. The molecule has 0 spiro atoms. The fourth-order valence-corrected chi connectivity index (χ4v) is 2.21. The molecule has 0 aliphatic carbocycles. The van der Waals surface area contributed by atoms with Crippen molar-refractivity contribution in [2.75, 3.05) is 3.93 Å². The number of aromatic hydroxyl groups is 1. The third-order valence-corrected chi connectivity index (χ3v) is 3.28. The van der Waals surface area contributed by atoms with Gasteiger partial charge in [0.1, 0.15) is 11.4 Å². The highest BCUT2D eigenvalue weighted by Gasteiger charge is 2.23. The van der Waals surface area contributed by atoms with E-state index >= 15 is 0 Å². The predicted octanol–water partition coefficient (Wildman–Crippen LogP) is 4.60. The number of nitrogens with zero attached hydrogens (tertiary/aromatic N) is 1. The van der Waals surface area contributed by atoms with Gasteiger partial charge in [0.25, 0.3) is 0 Å². The highest BCUT2D eigenvalue weighted by Crippen LogP contribution is 2.31. The van der Waals surface area contributed by atoms with Gasteiger partial charge in [-0.25, -0.2) is 8.72 Å². The second-order valence-corrected chi connectivity index (χ2v) is 6.15. The van der Waals surface area contributed by atoms with E-state index in [1.807, 2.05) is 32.9 Å². The van der Waals surface area contributed by atoms with Crippen LogP contribution in [0.2, 0.25) is 0 Å². The van der Waals surface area contributed by atoms with E-state index < -0.39 is 11.7 Å². The van der Waals surface area contributed by atoms with Gasteiger partial charge < -0.3 is 9.84 Å². The summed E-state index contributed by atoms with van der Waals surface area (Å²) in [5.41, 5.74) is 0.100. The van der Waals surface area contributed by atoms with Gasteiger partial charge in [0.15, 0.2) is 0 Å². The molecular formula is C15H16BrNO3. The summed E-state index contributed by atoms with van der Waals surface area (Å²) in [5.74, 6) is 0.188. The Morgan fingerprint density at radius 1 is 1.25 bits per heavy atom. The van der Waals surface area contributed by atoms with E-state index in [4.69, 9.17) is 4.74 Å². The number of amides is 1. The first-order chi connectivity index (χ1) is 9.28. The number of carbonyl (C=O) groups excluding carboxylic acids is 1. The van der Waals surface area contributed by atoms with E-state index in [0.717, 1.165) is 10.8 Å². The molecule has 0 saturated heterocycles. The third kappa shape index (κ3) is 3.22. The average Bonchev–Trinajstić information content (AvgIpc) is 2.34. The summed E-state index contributed by atoms with van der Waals surface area (Å²) in [4.78, 5) is 12.1. The summed E-state index contributed by atoms with van der Waals surface area (Å²) in [7, 11) is 0. The SMILES string of the molecule is CC(C)(C)OC(=O)N(Br)c1cccc2cc(O)ccc12. The number of phenols is 1. The van der Waals surface area contributed by atoms with Crippen molar-refractivity contribution in [1.82, 2.24) is 0 Å². The van der Waals surface area contributed by atoms with Gasteiger partial charge in [-0.2, -0.15) is 0 Å². The van der Waals surface area contributed by atoms with Crippen LogP contribution in [0.4, 0.5) is 10.5 Å². The van der Waals surface area contributed by atoms with E-state index in [2.05, 4.69) is 16.1 Å². The van der Waals surface area contributed by atoms with Crippen molar-refractivity contribution in [3.8, 4) is 5.75 Å². The van der Waals surface area contributed by atoms with E-state index in [1.54, 1.807) is 24.3 Å². The minimum atomic E-state index is -0.564. The van der Waals surface area contributed by atoms with Gasteiger partial charge in [-0.05, 0) is 50.4 Å². The van der Waals surface area contributed by atoms with E-state index in [1.165, 1.54) is 3.93 Å². The molecule has 1 amide bonds. The number of halogens is 1. The number of anilines is 1. The molecule has 0 aliphatic heterocycles. The van der Waals surface area contributed by atoms with E-state index in [9.17, 15) is 9.90 Å². The predicted molar refractivity (Wildman–Crippen MR) is 83.3 cm³/mol. The fraction of sp³-hybridized carbons (Fsp3) is 0.267. The van der Waals surface area contributed by atoms with Gasteiger partial charge in [0.2, 0.25) is 0 Å². The average molecular weight is 338 g/mol. The van der Waals surface area contributed by atoms with Crippen LogP contribution in [-0.4, -0.2) is 16.8 Å². The molecular weight excluding hydrogens is 322 g/mol. The number of rotatable bonds is 1. The minimum absolute atomic E-state index is 0.188. The first-order valence-corrected chi connectivity index (χ1v) is 6.89. The molecule has 0 heterocycles. The number of benzene rings is 2. The molecule has 0 saturated carbocycles. The normalized spacial score (nSPS) is 11.4. The van der Waals surface area contributed by atoms with Crippen molar-refractivity contribution in [3.63, 3.8) is 0 Å². The van der Waals surface area contributed by atoms with Gasteiger partial charge >= 0.3 is 6.09 Å². The Balaban J connectivity index is 2.40. The highest BCUT2D eigenvalue weighted by molar-refractivity contribution is 9.10. The van der Waals surface area contributed by atoms with Gasteiger partial charge in [-0.3, -0.25) is 0 Å². The zero-order chi connectivity index (χ0) is 14.9. The molecule has 2 aromatic rings. The maximum Gasteiger partial charge on any atom is 0.425 e. The van der Waals surface area contributed by atoms with Crippen molar-refractivity contribution < 1.29 is 14.6 Å². The Hall–Kier alpha value is -1.75. The van der Waals surface area contributed by atoms with Gasteiger partial charge in [0.05, 0.1) is 21.8 Å². The highest BCUT2D eigenvalue weighted by atomic mass is 79.9. The minimum Gasteiger partial charge on any atom is -0.508 e. The first kappa shape index (κ1) is 14.7. The van der Waals surface area contributed by atoms with E-state index in [0.29, 0.717) is 5.69 Å². The molecule has 0 unspecified atom stereocenters. The second-order valence-electron chi connectivity index (χ2n) is 5.44. The van der Waals surface area contributed by atoms with Crippen LogP contribution >= 0.6 is 16.1 Å². The molecule has 2 rings (SSSR count). The Morgan fingerprint density at radius 2 is 1.95 bits per heavy atom. The van der Waals surface area contributed by atoms with Gasteiger partial charge in [-0.15, -0.1) is 0 Å². The summed E-state index contributed by atoms with van der Waals surface area (Å²) in [5, 5.41) is 11.2. The zero-order valence-electron chi connectivity index (χ0n) is 11.6. The molecule has 0 atom stereocenters. The molecule has 2 aromatic carbocycles. The lowest BCUT2D eigenvalue weighted by Crippen LogP contribution is -2.30. The molecule has 106 valence electrons. The van der Waals surface area contributed by atoms with Crippen molar-refractivity contribution in [2.24, 2.45) is 0 Å². The molecule has 20 heavy (non-hydrogen) atoms. The Bertz CT molecular complexity index is 649. The standard InChI is InChI=1S/C15H16BrNO3/c1-15(2,3)20-14(19)17(16)13-6-4-5-10-9-11(18)7-8-12(10)13/h4-9,18H,1-3H3. The number of ether oxygens (including phenoxy) is 1. The molecule has 0 bridgehead atoms. The molecule has 1 N–H and O–H groups in total. The molecule has 0 fully saturated rings. The molecule has 0 radical (unpaired) electrons. The zero-order valence-corrected chi connectivity index (χ0v) is 13.1.